The molecule has 0 spiro atoms. The molecule has 7 rings (SSSR count). The van der Waals surface area contributed by atoms with Crippen LogP contribution in [-0.4, -0.2) is 14.4 Å². The largest absolute Gasteiger partial charge is 0.279 e. The van der Waals surface area contributed by atoms with Gasteiger partial charge in [0.2, 0.25) is 0 Å². The van der Waals surface area contributed by atoms with Crippen LogP contribution in [-0.2, 0) is 5.41 Å². The Morgan fingerprint density at radius 1 is 0.964 bits per heavy atom. The van der Waals surface area contributed by atoms with E-state index in [1.807, 2.05) is 0 Å². The molecule has 4 heteroatoms. The molecule has 0 amide bonds. The van der Waals surface area contributed by atoms with Gasteiger partial charge >= 0.3 is 0 Å². The van der Waals surface area contributed by atoms with Crippen LogP contribution >= 0.6 is 15.9 Å². The molecule has 0 aliphatic heterocycles. The highest BCUT2D eigenvalue weighted by Gasteiger charge is 2.34. The Bertz CT molecular complexity index is 1270. The molecule has 0 N–H and O–H groups in total. The van der Waals surface area contributed by atoms with Crippen molar-refractivity contribution in [1.82, 2.24) is 14.4 Å². The molecule has 2 bridgehead atoms. The molecule has 0 radical (unpaired) electrons. The zero-order valence-electron chi connectivity index (χ0n) is 16.6. The van der Waals surface area contributed by atoms with Crippen molar-refractivity contribution in [3.05, 3.63) is 51.8 Å². The molecule has 1 fully saturated rings. The van der Waals surface area contributed by atoms with Crippen molar-refractivity contribution >= 4 is 43.5 Å². The lowest BCUT2D eigenvalue weighted by Gasteiger charge is -2.38. The number of aromatic nitrogens is 3. The van der Waals surface area contributed by atoms with E-state index in [-0.39, 0.29) is 5.41 Å². The van der Waals surface area contributed by atoms with Gasteiger partial charge in [0.25, 0.3) is 0 Å². The zero-order valence-corrected chi connectivity index (χ0v) is 18.2. The fourth-order valence-corrected chi connectivity index (χ4v) is 5.90. The van der Waals surface area contributed by atoms with E-state index in [1.54, 1.807) is 11.1 Å². The lowest BCUT2D eigenvalue weighted by molar-refractivity contribution is 0.359. The quantitative estimate of drug-likeness (QED) is 0.303. The molecular weight excluding hydrogens is 410 g/mol. The first kappa shape index (κ1) is 17.0. The first-order valence-corrected chi connectivity index (χ1v) is 11.2. The summed E-state index contributed by atoms with van der Waals surface area (Å²) in [5.41, 5.74) is 7.43. The first-order chi connectivity index (χ1) is 13.4. The SMILES string of the molecule is CC(C)(C)c1nc2c(Br)cccc2c2nc3cc4c(cc3n12)C1CCC4CC1. The van der Waals surface area contributed by atoms with Crippen molar-refractivity contribution in [3.63, 3.8) is 0 Å². The predicted octanol–water partition coefficient (Wildman–Crippen LogP) is 6.85. The summed E-state index contributed by atoms with van der Waals surface area (Å²) in [7, 11) is 0. The second kappa shape index (κ2) is 5.56. The predicted molar refractivity (Wildman–Crippen MR) is 118 cm³/mol. The number of halogens is 1. The van der Waals surface area contributed by atoms with Gasteiger partial charge in [0.05, 0.1) is 16.6 Å². The van der Waals surface area contributed by atoms with Gasteiger partial charge in [-0.3, -0.25) is 4.40 Å². The van der Waals surface area contributed by atoms with E-state index >= 15 is 0 Å². The highest BCUT2D eigenvalue weighted by Crippen LogP contribution is 2.50. The lowest BCUT2D eigenvalue weighted by atomic mass is 9.67. The minimum Gasteiger partial charge on any atom is -0.279 e. The van der Waals surface area contributed by atoms with E-state index < -0.39 is 0 Å². The monoisotopic (exact) mass is 433 g/mol. The van der Waals surface area contributed by atoms with Gasteiger partial charge in [-0.2, -0.15) is 0 Å². The van der Waals surface area contributed by atoms with Crippen LogP contribution < -0.4 is 0 Å². The Morgan fingerprint density at radius 3 is 2.32 bits per heavy atom. The van der Waals surface area contributed by atoms with Crippen LogP contribution in [0.5, 0.6) is 0 Å². The number of hydrogen-bond acceptors (Lipinski definition) is 2. The maximum atomic E-state index is 5.15. The van der Waals surface area contributed by atoms with E-state index in [2.05, 4.69) is 71.4 Å². The summed E-state index contributed by atoms with van der Waals surface area (Å²) in [6, 6.07) is 11.1. The lowest BCUT2D eigenvalue weighted by Crippen LogP contribution is -2.22. The molecule has 2 aromatic carbocycles. The first-order valence-electron chi connectivity index (χ1n) is 10.4. The van der Waals surface area contributed by atoms with Gasteiger partial charge in [-0.25, -0.2) is 9.97 Å². The van der Waals surface area contributed by atoms with Crippen LogP contribution in [0.3, 0.4) is 0 Å². The average Bonchev–Trinajstić information content (AvgIpc) is 3.05. The molecule has 0 saturated heterocycles. The average molecular weight is 434 g/mol. The highest BCUT2D eigenvalue weighted by atomic mass is 79.9. The molecule has 1 saturated carbocycles. The maximum Gasteiger partial charge on any atom is 0.148 e. The second-order valence-electron chi connectivity index (χ2n) is 9.61. The molecule has 4 aromatic rings. The summed E-state index contributed by atoms with van der Waals surface area (Å²) < 4.78 is 3.36. The fraction of sp³-hybridized carbons (Fsp3) is 0.417. The number of hydrogen-bond donors (Lipinski definition) is 0. The molecule has 3 aliphatic rings. The summed E-state index contributed by atoms with van der Waals surface area (Å²) in [6.07, 6.45) is 5.39. The number of rotatable bonds is 0. The Morgan fingerprint density at radius 2 is 1.64 bits per heavy atom. The number of imidazole rings is 1. The van der Waals surface area contributed by atoms with Crippen molar-refractivity contribution in [2.45, 2.75) is 63.7 Å². The number of benzene rings is 2. The van der Waals surface area contributed by atoms with Crippen LogP contribution in [0.1, 0.15) is 75.2 Å². The molecule has 0 atom stereocenters. The summed E-state index contributed by atoms with van der Waals surface area (Å²) in [6.45, 7) is 6.72. The topological polar surface area (TPSA) is 30.2 Å². The molecule has 28 heavy (non-hydrogen) atoms. The molecule has 2 aromatic heterocycles. The standard InChI is InChI=1S/C24H24BrN3/c1-24(2,3)23-27-21-15(5-4-6-18(21)25)22-26-19-11-16-13-7-9-14(10-8-13)17(16)12-20(19)28(22)23/h4-6,11-14H,7-10H2,1-3H3. The zero-order chi connectivity index (χ0) is 19.2. The van der Waals surface area contributed by atoms with Crippen molar-refractivity contribution in [1.29, 1.82) is 0 Å². The molecule has 3 nitrogen and oxygen atoms in total. The van der Waals surface area contributed by atoms with Crippen molar-refractivity contribution in [2.75, 3.05) is 0 Å². The van der Waals surface area contributed by atoms with Crippen LogP contribution in [0.15, 0.2) is 34.8 Å². The van der Waals surface area contributed by atoms with E-state index in [9.17, 15) is 0 Å². The Kier molecular flexibility index (Phi) is 3.37. The van der Waals surface area contributed by atoms with Gasteiger partial charge < -0.3 is 0 Å². The van der Waals surface area contributed by atoms with E-state index in [1.165, 1.54) is 31.2 Å². The van der Waals surface area contributed by atoms with Crippen LogP contribution in [0, 0.1) is 0 Å². The Labute approximate surface area is 173 Å². The number of para-hydroxylation sites is 1. The Balaban J connectivity index is 1.80. The smallest absolute Gasteiger partial charge is 0.148 e. The summed E-state index contributed by atoms with van der Waals surface area (Å²) >= 11 is 3.71. The maximum absolute atomic E-state index is 5.15. The highest BCUT2D eigenvalue weighted by molar-refractivity contribution is 9.10. The third-order valence-corrected chi connectivity index (χ3v) is 7.43. The summed E-state index contributed by atoms with van der Waals surface area (Å²) in [4.78, 5) is 10.3. The van der Waals surface area contributed by atoms with Crippen LogP contribution in [0.2, 0.25) is 0 Å². The summed E-state index contributed by atoms with van der Waals surface area (Å²) in [5, 5.41) is 1.11. The molecular formula is C24H24BrN3. The normalized spacial score (nSPS) is 21.7. The third-order valence-electron chi connectivity index (χ3n) is 6.79. The van der Waals surface area contributed by atoms with E-state index in [0.717, 1.165) is 44.2 Å². The summed E-state index contributed by atoms with van der Waals surface area (Å²) in [5.74, 6) is 2.54. The van der Waals surface area contributed by atoms with Gasteiger partial charge in [0.15, 0.2) is 0 Å². The minimum absolute atomic E-state index is 0.0791. The molecule has 3 aliphatic carbocycles. The molecule has 2 heterocycles. The van der Waals surface area contributed by atoms with Crippen molar-refractivity contribution in [2.24, 2.45) is 0 Å². The second-order valence-corrected chi connectivity index (χ2v) is 10.5. The van der Waals surface area contributed by atoms with Crippen LogP contribution in [0.25, 0.3) is 27.6 Å². The van der Waals surface area contributed by atoms with Crippen LogP contribution in [0.4, 0.5) is 0 Å². The molecule has 0 unspecified atom stereocenters. The minimum atomic E-state index is -0.0791. The van der Waals surface area contributed by atoms with E-state index in [0.29, 0.717) is 0 Å². The fourth-order valence-electron chi connectivity index (χ4n) is 5.44. The van der Waals surface area contributed by atoms with Gasteiger partial charge in [-0.05, 0) is 88.8 Å². The Hall–Kier alpha value is -1.94. The van der Waals surface area contributed by atoms with Gasteiger partial charge in [0, 0.05) is 15.3 Å². The van der Waals surface area contributed by atoms with Crippen molar-refractivity contribution in [3.8, 4) is 0 Å². The number of nitrogens with zero attached hydrogens (tertiary/aromatic N) is 3. The third kappa shape index (κ3) is 2.21. The van der Waals surface area contributed by atoms with Gasteiger partial charge in [-0.15, -0.1) is 0 Å². The van der Waals surface area contributed by atoms with Crippen molar-refractivity contribution < 1.29 is 0 Å². The van der Waals surface area contributed by atoms with E-state index in [4.69, 9.17) is 9.97 Å². The molecule has 142 valence electrons. The number of fused-ring (bicyclic) bond motifs is 7. The van der Waals surface area contributed by atoms with Gasteiger partial charge in [-0.1, -0.05) is 26.8 Å². The van der Waals surface area contributed by atoms with Gasteiger partial charge in [0.1, 0.15) is 11.5 Å².